The Morgan fingerprint density at radius 3 is 1.29 bits per heavy atom. The van der Waals surface area contributed by atoms with Gasteiger partial charge in [-0.3, -0.25) is 18.0 Å². The Morgan fingerprint density at radius 1 is 0.487 bits per heavy atom. The highest BCUT2D eigenvalue weighted by Gasteiger charge is 2.67. The van der Waals surface area contributed by atoms with Crippen molar-refractivity contribution in [3.05, 3.63) is 60.8 Å². The Labute approximate surface area is 688 Å². The molecule has 17 aliphatic rings. The smallest absolute Gasteiger partial charge is 0.347 e. The van der Waals surface area contributed by atoms with Crippen molar-refractivity contribution in [2.75, 3.05) is 26.4 Å². The predicted molar refractivity (Wildman–Crippen MR) is 420 cm³/mol. The zero-order valence-corrected chi connectivity index (χ0v) is 72.1. The fraction of sp³-hybridized carbons (Fsp3) is 0.756. The molecule has 14 unspecified atom stereocenters. The molecule has 1 N–H and O–H groups in total. The molecule has 29 nitrogen and oxygen atoms in total. The first-order valence-electron chi connectivity index (χ1n) is 41.5. The van der Waals surface area contributed by atoms with Crippen LogP contribution in [0.15, 0.2) is 60.8 Å². The van der Waals surface area contributed by atoms with Crippen LogP contribution >= 0.6 is 0 Å². The van der Waals surface area contributed by atoms with E-state index in [2.05, 4.69) is 44.6 Å². The summed E-state index contributed by atoms with van der Waals surface area (Å²) in [7, 11) is -7.05. The SMILES string of the molecule is C=C(C)C(=O)OC1(C)CCCC1.C=C(C)C(=O)OC1(CC)C2CC3CC(C2)CC1C3.C=C(C)C(=O)OC12CC3CC(CC(O)(C3)C1)C2.C=C(C)C(=O)OC1CCOC1=O.C=C(C)C(=O)OCC(=O)OC1C2CC3C1OS(=O)(=O)C3C2.CCC(C)(C)C(=O)OC1CCOC1=O.CCC(C)(C)C(=O)OCC(=O)OC1C2CC3C1OS(=O)(=O)C3C2. The number of esters is 11. The van der Waals surface area contributed by atoms with Gasteiger partial charge in [-0.2, -0.15) is 16.8 Å². The first kappa shape index (κ1) is 93.5. The predicted octanol–water partition coefficient (Wildman–Crippen LogP) is 11.2. The molecule has 0 radical (unpaired) electrons. The molecule has 12 bridgehead atoms. The molecule has 0 aromatic carbocycles. The third-order valence-electron chi connectivity index (χ3n) is 26.5. The van der Waals surface area contributed by atoms with E-state index in [1.807, 2.05) is 20.8 Å². The van der Waals surface area contributed by atoms with E-state index in [-0.39, 0.29) is 69.9 Å². The van der Waals surface area contributed by atoms with Crippen molar-refractivity contribution in [1.82, 2.24) is 0 Å². The van der Waals surface area contributed by atoms with Gasteiger partial charge >= 0.3 is 65.7 Å². The van der Waals surface area contributed by atoms with Crippen LogP contribution in [0.1, 0.15) is 244 Å². The maximum absolute atomic E-state index is 12.0. The van der Waals surface area contributed by atoms with Crippen LogP contribution in [0.5, 0.6) is 0 Å². The second-order valence-electron chi connectivity index (χ2n) is 36.9. The zero-order valence-electron chi connectivity index (χ0n) is 70.4. The van der Waals surface area contributed by atoms with Gasteiger partial charge in [-0.05, 0) is 240 Å². The lowest BCUT2D eigenvalue weighted by Gasteiger charge is -2.60. The van der Waals surface area contributed by atoms with Gasteiger partial charge in [0.15, 0.2) is 13.2 Å². The average molecular weight is 1690 g/mol. The van der Waals surface area contributed by atoms with Gasteiger partial charge in [-0.1, -0.05) is 53.7 Å². The summed E-state index contributed by atoms with van der Waals surface area (Å²) >= 11 is 0. The second-order valence-corrected chi connectivity index (χ2v) is 40.5. The van der Waals surface area contributed by atoms with Crippen molar-refractivity contribution in [2.45, 2.75) is 314 Å². The van der Waals surface area contributed by atoms with Gasteiger partial charge in [-0.25, -0.2) is 43.2 Å². The van der Waals surface area contributed by atoms with E-state index in [0.717, 1.165) is 56.8 Å². The van der Waals surface area contributed by atoms with Gasteiger partial charge in [0, 0.05) is 70.8 Å². The summed E-state index contributed by atoms with van der Waals surface area (Å²) in [5, 5.41) is 9.60. The molecule has 4 saturated heterocycles. The van der Waals surface area contributed by atoms with Crippen molar-refractivity contribution in [3.63, 3.8) is 0 Å². The minimum absolute atomic E-state index is 0.00284. The lowest BCUT2D eigenvalue weighted by Crippen LogP contribution is -2.60. The number of carbonyl (C=O) groups excluding carboxylic acids is 11. The fourth-order valence-electron chi connectivity index (χ4n) is 20.1. The zero-order chi connectivity index (χ0) is 86.6. The van der Waals surface area contributed by atoms with Gasteiger partial charge in [0.05, 0.1) is 40.1 Å². The van der Waals surface area contributed by atoms with E-state index < -0.39 is 144 Å². The molecule has 4 aliphatic heterocycles. The van der Waals surface area contributed by atoms with Crippen molar-refractivity contribution in [3.8, 4) is 0 Å². The topological polar surface area (TPSA) is 396 Å². The van der Waals surface area contributed by atoms with Gasteiger partial charge < -0.3 is 57.2 Å². The number of ether oxygens (including phenoxy) is 11. The highest BCUT2D eigenvalue weighted by atomic mass is 32.2. The van der Waals surface area contributed by atoms with Crippen LogP contribution in [0.3, 0.4) is 0 Å². The van der Waals surface area contributed by atoms with E-state index in [1.165, 1.54) is 65.2 Å². The summed E-state index contributed by atoms with van der Waals surface area (Å²) in [5.74, 6) is -0.990. The summed E-state index contributed by atoms with van der Waals surface area (Å²) in [5.41, 5.74) is -0.558. The highest BCUT2D eigenvalue weighted by molar-refractivity contribution is 7.88. The molecule has 13 aliphatic carbocycles. The fourth-order valence-corrected chi connectivity index (χ4v) is 23.9. The molecule has 14 atom stereocenters. The molecule has 117 heavy (non-hydrogen) atoms. The first-order valence-corrected chi connectivity index (χ1v) is 44.5. The highest BCUT2D eigenvalue weighted by Crippen LogP contribution is 2.62. The molecule has 4 heterocycles. The van der Waals surface area contributed by atoms with Gasteiger partial charge in [0.25, 0.3) is 20.2 Å². The third-order valence-corrected chi connectivity index (χ3v) is 30.1. The second kappa shape index (κ2) is 37.3. The molecule has 31 heteroatoms. The maximum atomic E-state index is 12.0. The molecule has 13 saturated carbocycles. The molecule has 17 rings (SSSR count). The number of cyclic esters (lactones) is 2. The van der Waals surface area contributed by atoms with Crippen molar-refractivity contribution >= 4 is 85.9 Å². The third kappa shape index (κ3) is 22.3. The Morgan fingerprint density at radius 2 is 0.889 bits per heavy atom. The van der Waals surface area contributed by atoms with Crippen molar-refractivity contribution in [1.29, 1.82) is 0 Å². The minimum atomic E-state index is -3.53. The van der Waals surface area contributed by atoms with E-state index in [4.69, 9.17) is 55.7 Å². The Hall–Kier alpha value is -7.35. The molecular weight excluding hydrogens is 1560 g/mol. The molecule has 0 aromatic rings. The Balaban J connectivity index is 0.000000158. The van der Waals surface area contributed by atoms with Crippen LogP contribution in [-0.2, 0) is 133 Å². The summed E-state index contributed by atoms with van der Waals surface area (Å²) in [6.07, 6.45) is 18.2. The lowest BCUT2D eigenvalue weighted by molar-refractivity contribution is -0.217. The minimum Gasteiger partial charge on any atom is -0.463 e. The molecule has 0 amide bonds. The number of fused-ring (bicyclic) bond motifs is 2. The van der Waals surface area contributed by atoms with E-state index >= 15 is 0 Å². The molecule has 17 fully saturated rings. The van der Waals surface area contributed by atoms with Crippen LogP contribution < -0.4 is 0 Å². The number of carbonyl (C=O) groups is 11. The molecule has 0 aromatic heterocycles. The van der Waals surface area contributed by atoms with Gasteiger partial charge in [0.1, 0.15) is 41.2 Å². The van der Waals surface area contributed by atoms with Crippen molar-refractivity contribution in [2.24, 2.45) is 70.0 Å². The van der Waals surface area contributed by atoms with Gasteiger partial charge in [0.2, 0.25) is 12.2 Å². The number of hydrogen-bond donors (Lipinski definition) is 1. The normalized spacial score (nSPS) is 34.8. The van der Waals surface area contributed by atoms with Crippen molar-refractivity contribution < 1.29 is 135 Å². The lowest BCUT2D eigenvalue weighted by atomic mass is 9.49. The van der Waals surface area contributed by atoms with Crippen LogP contribution in [0.2, 0.25) is 0 Å². The van der Waals surface area contributed by atoms with E-state index in [1.54, 1.807) is 48.5 Å². The first-order chi connectivity index (χ1) is 54.5. The quantitative estimate of drug-likeness (QED) is 0.0483. The largest absolute Gasteiger partial charge is 0.463 e. The van der Waals surface area contributed by atoms with Crippen LogP contribution in [-0.4, -0.2) is 184 Å². The van der Waals surface area contributed by atoms with Crippen LogP contribution in [0.25, 0.3) is 0 Å². The van der Waals surface area contributed by atoms with Crippen LogP contribution in [0, 0.1) is 70.0 Å². The maximum Gasteiger partial charge on any atom is 0.347 e. The summed E-state index contributed by atoms with van der Waals surface area (Å²) < 4.78 is 114. The molecular formula is C86H124O29S2. The Bertz CT molecular complexity index is 4040. The monoisotopic (exact) mass is 1680 g/mol. The average Bonchev–Trinajstić information content (AvgIpc) is 1.66. The summed E-state index contributed by atoms with van der Waals surface area (Å²) in [6.45, 7) is 40.6. The molecule has 654 valence electrons. The van der Waals surface area contributed by atoms with Gasteiger partial charge in [-0.15, -0.1) is 0 Å². The van der Waals surface area contributed by atoms with E-state index in [9.17, 15) is 74.7 Å². The summed E-state index contributed by atoms with van der Waals surface area (Å²) in [4.78, 5) is 126. The standard InChI is InChI=1S/C16H24O2.C15H22O7S.C14H20O3.C13H16O7S.C10H16O4.C10H16O2.C8H10O4/c1-4-16(18-15(17)10(2)3)13-6-11-5-12(8-13)9-14(16)7-11;1-4-15(2,3)14(17)20-7-11(16)21-12-8-5-9-10(6-8)23(18,19)22-13(9)12;1-9(2)12(15)17-14-6-10-3-11(7-14)5-13(16,4-10)8-14;1-6(2)13(15)18-5-10(14)19-11-7-3-8-9(4-7)21(16,17)20-12(8)11;1-4-10(2,3)9(12)14-7-5-6-13-8(7)11;1-8(2)9(11)12-10(3)6-4-5-7-10;1-5(2)7(9)12-6-3-4-11-8(6)10/h11-14H,2,4-9H2,1,3H3;8-10,12-13H,4-7H2,1-3H3;10-11,16H,1,3-8H2,2H3;7-9,11-12H,1,3-5H2,2H3;7H,4-6H2,1-3H3;1,4-7H2,2-3H3;6H,1,3-4H2,2H3. The molecule has 0 spiro atoms. The Kier molecular flexibility index (Phi) is 29.8. The number of rotatable bonds is 21. The number of aliphatic hydroxyl groups is 1. The number of hydrogen-bond acceptors (Lipinski definition) is 29. The van der Waals surface area contributed by atoms with E-state index in [0.29, 0.717) is 111 Å². The van der Waals surface area contributed by atoms with Crippen LogP contribution in [0.4, 0.5) is 0 Å². The summed E-state index contributed by atoms with van der Waals surface area (Å²) in [6, 6.07) is 0.